The molecule has 1 amide bonds. The monoisotopic (exact) mass is 418 g/mol. The van der Waals surface area contributed by atoms with Crippen LogP contribution in [0.2, 0.25) is 0 Å². The van der Waals surface area contributed by atoms with Gasteiger partial charge in [0.15, 0.2) is 8.68 Å². The molecule has 0 unspecified atom stereocenters. The summed E-state index contributed by atoms with van der Waals surface area (Å²) in [5.41, 5.74) is 0.922. The Balaban J connectivity index is 1.71. The van der Waals surface area contributed by atoms with Crippen LogP contribution in [-0.4, -0.2) is 42.6 Å². The summed E-state index contributed by atoms with van der Waals surface area (Å²) in [5, 5.41) is 15.9. The van der Waals surface area contributed by atoms with E-state index in [2.05, 4.69) is 22.4 Å². The van der Waals surface area contributed by atoms with Gasteiger partial charge in [0.25, 0.3) is 0 Å². The molecule has 0 bridgehead atoms. The zero-order chi connectivity index (χ0) is 18.3. The zero-order valence-corrected chi connectivity index (χ0v) is 16.7. The Morgan fingerprint density at radius 3 is 2.44 bits per heavy atom. The number of nitrogens with two attached hydrogens (primary N) is 1. The van der Waals surface area contributed by atoms with Gasteiger partial charge in [-0.15, -0.1) is 10.2 Å². The van der Waals surface area contributed by atoms with E-state index in [1.165, 1.54) is 35.2 Å². The molecule has 1 aromatic carbocycles. The van der Waals surface area contributed by atoms with Crippen LogP contribution in [0.15, 0.2) is 37.8 Å². The highest BCUT2D eigenvalue weighted by Gasteiger charge is 2.09. The molecule has 2 aromatic rings. The number of nitrogens with zero attached hydrogens (tertiary/aromatic N) is 2. The number of hydrogen-bond donors (Lipinski definition) is 2. The second-order valence-corrected chi connectivity index (χ2v) is 10.1. The Morgan fingerprint density at radius 1 is 1.20 bits per heavy atom. The van der Waals surface area contributed by atoms with Gasteiger partial charge in [-0.05, 0) is 29.9 Å². The summed E-state index contributed by atoms with van der Waals surface area (Å²) < 4.78 is 24.1. The summed E-state index contributed by atoms with van der Waals surface area (Å²) in [6, 6.07) is 6.30. The third-order valence-electron chi connectivity index (χ3n) is 2.97. The molecule has 0 fully saturated rings. The van der Waals surface area contributed by atoms with Gasteiger partial charge in [0.1, 0.15) is 0 Å². The van der Waals surface area contributed by atoms with Gasteiger partial charge in [0.05, 0.1) is 10.6 Å². The van der Waals surface area contributed by atoms with Crippen molar-refractivity contribution in [3.8, 4) is 0 Å². The van der Waals surface area contributed by atoms with Crippen molar-refractivity contribution in [2.45, 2.75) is 26.9 Å². The Hall–Kier alpha value is -1.14. The van der Waals surface area contributed by atoms with E-state index in [1.54, 1.807) is 23.9 Å². The molecular formula is C14H18N4O3S4. The van der Waals surface area contributed by atoms with Crippen molar-refractivity contribution < 1.29 is 13.2 Å². The number of carbonyl (C=O) groups is 1. The first-order valence-corrected chi connectivity index (χ1v) is 11.7. The molecule has 7 nitrogen and oxygen atoms in total. The minimum Gasteiger partial charge on any atom is -0.355 e. The lowest BCUT2D eigenvalue weighted by molar-refractivity contribution is -0.118. The topological polar surface area (TPSA) is 115 Å². The average Bonchev–Trinajstić information content (AvgIpc) is 3.01. The smallest absolute Gasteiger partial charge is 0.238 e. The first kappa shape index (κ1) is 20.2. The molecule has 11 heteroatoms. The fraction of sp³-hybridized carbons (Fsp3) is 0.357. The minimum atomic E-state index is -3.67. The first-order chi connectivity index (χ1) is 11.9. The lowest BCUT2D eigenvalue weighted by Crippen LogP contribution is -2.27. The number of hydrogen-bond acceptors (Lipinski definition) is 8. The second-order valence-electron chi connectivity index (χ2n) is 4.84. The molecule has 1 aromatic heterocycles. The standard InChI is InChI=1S/C14H18N4O3S4/c1-2-22-13-17-18-14(24-13)23-9-12(19)16-8-7-10-3-5-11(6-4-10)25(15,20)21/h3-6H,2,7-9H2,1H3,(H,16,19)(H2,15,20,21). The van der Waals surface area contributed by atoms with Crippen LogP contribution >= 0.6 is 34.9 Å². The maximum Gasteiger partial charge on any atom is 0.238 e. The van der Waals surface area contributed by atoms with Crippen LogP contribution in [0.5, 0.6) is 0 Å². The van der Waals surface area contributed by atoms with Gasteiger partial charge < -0.3 is 5.32 Å². The summed E-state index contributed by atoms with van der Waals surface area (Å²) in [4.78, 5) is 11.9. The number of rotatable bonds is 9. The van der Waals surface area contributed by atoms with E-state index in [9.17, 15) is 13.2 Å². The number of sulfonamides is 1. The van der Waals surface area contributed by atoms with Crippen molar-refractivity contribution in [2.24, 2.45) is 5.14 Å². The van der Waals surface area contributed by atoms with Gasteiger partial charge in [0, 0.05) is 6.54 Å². The van der Waals surface area contributed by atoms with Crippen molar-refractivity contribution in [3.63, 3.8) is 0 Å². The number of nitrogens with one attached hydrogen (secondary N) is 1. The van der Waals surface area contributed by atoms with Crippen LogP contribution in [-0.2, 0) is 21.2 Å². The molecule has 0 spiro atoms. The van der Waals surface area contributed by atoms with Crippen LogP contribution in [0.4, 0.5) is 0 Å². The van der Waals surface area contributed by atoms with Crippen molar-refractivity contribution in [1.29, 1.82) is 0 Å². The molecule has 0 saturated carbocycles. The number of primary sulfonamides is 1. The molecule has 0 aliphatic rings. The quantitative estimate of drug-likeness (QED) is 0.596. The van der Waals surface area contributed by atoms with Crippen molar-refractivity contribution >= 4 is 50.8 Å². The van der Waals surface area contributed by atoms with Crippen LogP contribution in [0.1, 0.15) is 12.5 Å². The van der Waals surface area contributed by atoms with E-state index >= 15 is 0 Å². The molecule has 0 saturated heterocycles. The number of amides is 1. The van der Waals surface area contributed by atoms with Gasteiger partial charge in [-0.2, -0.15) is 0 Å². The fourth-order valence-electron chi connectivity index (χ4n) is 1.81. The molecule has 0 aliphatic carbocycles. The van der Waals surface area contributed by atoms with Crippen molar-refractivity contribution in [2.75, 3.05) is 18.1 Å². The highest BCUT2D eigenvalue weighted by molar-refractivity contribution is 8.03. The van der Waals surface area contributed by atoms with Gasteiger partial charge in [-0.1, -0.05) is 53.9 Å². The lowest BCUT2D eigenvalue weighted by atomic mass is 10.1. The van der Waals surface area contributed by atoms with Crippen LogP contribution in [0.3, 0.4) is 0 Å². The minimum absolute atomic E-state index is 0.0777. The van der Waals surface area contributed by atoms with E-state index in [0.717, 1.165) is 20.0 Å². The number of aromatic nitrogens is 2. The summed E-state index contributed by atoms with van der Waals surface area (Å²) in [6.45, 7) is 2.52. The number of thioether (sulfide) groups is 2. The third-order valence-corrected chi connectivity index (χ3v) is 6.97. The number of benzene rings is 1. The molecule has 1 heterocycles. The van der Waals surface area contributed by atoms with E-state index in [-0.39, 0.29) is 16.6 Å². The highest BCUT2D eigenvalue weighted by atomic mass is 32.2. The molecule has 3 N–H and O–H groups in total. The van der Waals surface area contributed by atoms with E-state index in [4.69, 9.17) is 5.14 Å². The normalized spacial score (nSPS) is 11.4. The summed E-state index contributed by atoms with van der Waals surface area (Å²) >= 11 is 4.48. The predicted molar refractivity (Wildman–Crippen MR) is 102 cm³/mol. The summed E-state index contributed by atoms with van der Waals surface area (Å²) in [7, 11) is -3.67. The lowest BCUT2D eigenvalue weighted by Gasteiger charge is -2.05. The molecule has 0 radical (unpaired) electrons. The van der Waals surface area contributed by atoms with Gasteiger partial charge in [-0.3, -0.25) is 4.79 Å². The van der Waals surface area contributed by atoms with Crippen LogP contribution in [0, 0.1) is 0 Å². The SMILES string of the molecule is CCSc1nnc(SCC(=O)NCCc2ccc(S(N)(=O)=O)cc2)s1. The molecule has 136 valence electrons. The maximum absolute atomic E-state index is 11.8. The maximum atomic E-state index is 11.8. The Morgan fingerprint density at radius 2 is 1.84 bits per heavy atom. The highest BCUT2D eigenvalue weighted by Crippen LogP contribution is 2.28. The summed E-state index contributed by atoms with van der Waals surface area (Å²) in [5.74, 6) is 1.15. The van der Waals surface area contributed by atoms with Crippen LogP contribution in [0.25, 0.3) is 0 Å². The van der Waals surface area contributed by atoms with Crippen LogP contribution < -0.4 is 10.5 Å². The predicted octanol–water partition coefficient (Wildman–Crippen LogP) is 1.75. The molecule has 25 heavy (non-hydrogen) atoms. The molecular weight excluding hydrogens is 400 g/mol. The molecule has 0 aliphatic heterocycles. The third kappa shape index (κ3) is 6.94. The van der Waals surface area contributed by atoms with Gasteiger partial charge in [0.2, 0.25) is 15.9 Å². The van der Waals surface area contributed by atoms with Crippen molar-refractivity contribution in [1.82, 2.24) is 15.5 Å². The van der Waals surface area contributed by atoms with E-state index in [0.29, 0.717) is 13.0 Å². The first-order valence-electron chi connectivity index (χ1n) is 7.36. The Labute approximate surface area is 159 Å². The largest absolute Gasteiger partial charge is 0.355 e. The second kappa shape index (κ2) is 9.53. The Bertz CT molecular complexity index is 806. The summed E-state index contributed by atoms with van der Waals surface area (Å²) in [6.07, 6.45) is 0.609. The van der Waals surface area contributed by atoms with Crippen molar-refractivity contribution in [3.05, 3.63) is 29.8 Å². The Kier molecular flexibility index (Phi) is 7.69. The fourth-order valence-corrected chi connectivity index (χ4v) is 5.07. The van der Waals surface area contributed by atoms with E-state index < -0.39 is 10.0 Å². The number of carbonyl (C=O) groups excluding carboxylic acids is 1. The van der Waals surface area contributed by atoms with E-state index in [1.807, 2.05) is 0 Å². The van der Waals surface area contributed by atoms with Gasteiger partial charge in [-0.25, -0.2) is 13.6 Å². The molecule has 0 atom stereocenters. The zero-order valence-electron chi connectivity index (χ0n) is 13.5. The molecule has 2 rings (SSSR count). The average molecular weight is 419 g/mol. The van der Waals surface area contributed by atoms with Gasteiger partial charge >= 0.3 is 0 Å².